The lowest BCUT2D eigenvalue weighted by Gasteiger charge is -2.13. The molecule has 1 atom stereocenters. The number of pyridine rings is 1. The van der Waals surface area contributed by atoms with Crippen LogP contribution in [0.1, 0.15) is 22.2 Å². The van der Waals surface area contributed by atoms with Crippen LogP contribution in [-0.2, 0) is 4.79 Å². The molecule has 2 rings (SSSR count). The van der Waals surface area contributed by atoms with Gasteiger partial charge in [0, 0.05) is 6.20 Å². The minimum Gasteiger partial charge on any atom is -0.340 e. The van der Waals surface area contributed by atoms with E-state index in [-0.39, 0.29) is 11.8 Å². The predicted molar refractivity (Wildman–Crippen MR) is 78.9 cm³/mol. The molecule has 0 radical (unpaired) electrons. The van der Waals surface area contributed by atoms with Gasteiger partial charge in [-0.2, -0.15) is 0 Å². The highest BCUT2D eigenvalue weighted by Crippen LogP contribution is 2.09. The molecule has 0 aliphatic rings. The molecular formula is C14H15N3O2S. The molecule has 5 nitrogen and oxygen atoms in total. The van der Waals surface area contributed by atoms with Crippen molar-refractivity contribution in [3.63, 3.8) is 0 Å². The first-order valence-electron chi connectivity index (χ1n) is 6.14. The van der Waals surface area contributed by atoms with Crippen molar-refractivity contribution >= 4 is 29.0 Å². The van der Waals surface area contributed by atoms with Gasteiger partial charge in [0.05, 0.1) is 4.88 Å². The zero-order valence-electron chi connectivity index (χ0n) is 11.2. The summed E-state index contributed by atoms with van der Waals surface area (Å²) in [6, 6.07) is 6.46. The Morgan fingerprint density at radius 3 is 2.70 bits per heavy atom. The van der Waals surface area contributed by atoms with Gasteiger partial charge in [0.2, 0.25) is 5.91 Å². The maximum absolute atomic E-state index is 11.9. The first kappa shape index (κ1) is 14.2. The first-order chi connectivity index (χ1) is 9.56. The quantitative estimate of drug-likeness (QED) is 0.906. The molecular weight excluding hydrogens is 274 g/mol. The van der Waals surface area contributed by atoms with E-state index in [4.69, 9.17) is 0 Å². The van der Waals surface area contributed by atoms with Gasteiger partial charge in [-0.3, -0.25) is 9.59 Å². The number of anilines is 1. The normalized spacial score (nSPS) is 11.7. The van der Waals surface area contributed by atoms with Crippen molar-refractivity contribution in [3.8, 4) is 0 Å². The summed E-state index contributed by atoms with van der Waals surface area (Å²) in [5.74, 6) is -0.0800. The molecule has 0 unspecified atom stereocenters. The van der Waals surface area contributed by atoms with E-state index in [2.05, 4.69) is 15.6 Å². The number of amides is 2. The Labute approximate surface area is 121 Å². The molecule has 0 saturated heterocycles. The number of carbonyl (C=O) groups excluding carboxylic acids is 2. The van der Waals surface area contributed by atoms with Gasteiger partial charge in [-0.05, 0) is 36.9 Å². The molecule has 2 heterocycles. The van der Waals surface area contributed by atoms with Crippen LogP contribution < -0.4 is 10.6 Å². The summed E-state index contributed by atoms with van der Waals surface area (Å²) in [7, 11) is 0. The highest BCUT2D eigenvalue weighted by atomic mass is 32.1. The number of hydrogen-bond acceptors (Lipinski definition) is 4. The van der Waals surface area contributed by atoms with Crippen LogP contribution >= 0.6 is 11.3 Å². The highest BCUT2D eigenvalue weighted by molar-refractivity contribution is 7.12. The van der Waals surface area contributed by atoms with Gasteiger partial charge in [0.25, 0.3) is 5.91 Å². The second-order valence-electron chi connectivity index (χ2n) is 4.38. The van der Waals surface area contributed by atoms with Crippen LogP contribution in [0.2, 0.25) is 0 Å². The van der Waals surface area contributed by atoms with Gasteiger partial charge in [0.15, 0.2) is 0 Å². The third kappa shape index (κ3) is 3.64. The zero-order chi connectivity index (χ0) is 14.5. The summed E-state index contributed by atoms with van der Waals surface area (Å²) < 4.78 is 0. The molecule has 2 aromatic heterocycles. The van der Waals surface area contributed by atoms with Crippen molar-refractivity contribution in [2.75, 3.05) is 5.32 Å². The standard InChI is InChI=1S/C14H15N3O2S/c1-9-5-6-12(15-8-9)17-13(18)10(2)16-14(19)11-4-3-7-20-11/h3-8,10H,1-2H3,(H,16,19)(H,15,17,18)/t10-/m1/s1. The molecule has 6 heteroatoms. The van der Waals surface area contributed by atoms with Gasteiger partial charge in [0.1, 0.15) is 11.9 Å². The molecule has 0 aromatic carbocycles. The molecule has 0 aliphatic carbocycles. The zero-order valence-corrected chi connectivity index (χ0v) is 12.0. The molecule has 2 N–H and O–H groups in total. The van der Waals surface area contributed by atoms with Crippen LogP contribution in [0.4, 0.5) is 5.82 Å². The Kier molecular flexibility index (Phi) is 4.47. The largest absolute Gasteiger partial charge is 0.340 e. The Morgan fingerprint density at radius 1 is 1.30 bits per heavy atom. The fourth-order valence-corrected chi connectivity index (χ4v) is 2.14. The smallest absolute Gasteiger partial charge is 0.261 e. The van der Waals surface area contributed by atoms with E-state index in [0.29, 0.717) is 10.7 Å². The first-order valence-corrected chi connectivity index (χ1v) is 7.02. The maximum atomic E-state index is 11.9. The maximum Gasteiger partial charge on any atom is 0.261 e. The van der Waals surface area contributed by atoms with Crippen LogP contribution in [0, 0.1) is 6.92 Å². The monoisotopic (exact) mass is 289 g/mol. The summed E-state index contributed by atoms with van der Waals surface area (Å²) in [4.78, 5) is 28.4. The SMILES string of the molecule is Cc1ccc(NC(=O)[C@@H](C)NC(=O)c2cccs2)nc1. The summed E-state index contributed by atoms with van der Waals surface area (Å²) in [6.07, 6.45) is 1.67. The number of aromatic nitrogens is 1. The molecule has 2 amide bonds. The Balaban J connectivity index is 1.92. The minimum atomic E-state index is -0.632. The van der Waals surface area contributed by atoms with E-state index in [0.717, 1.165) is 5.56 Å². The molecule has 0 saturated carbocycles. The summed E-state index contributed by atoms with van der Waals surface area (Å²) in [5, 5.41) is 7.12. The summed E-state index contributed by atoms with van der Waals surface area (Å²) >= 11 is 1.33. The van der Waals surface area contributed by atoms with Crippen molar-refractivity contribution in [2.24, 2.45) is 0 Å². The van der Waals surface area contributed by atoms with E-state index in [9.17, 15) is 9.59 Å². The van der Waals surface area contributed by atoms with Gasteiger partial charge in [-0.1, -0.05) is 12.1 Å². The van der Waals surface area contributed by atoms with Gasteiger partial charge in [-0.25, -0.2) is 4.98 Å². The van der Waals surface area contributed by atoms with E-state index >= 15 is 0 Å². The van der Waals surface area contributed by atoms with E-state index < -0.39 is 6.04 Å². The second-order valence-corrected chi connectivity index (χ2v) is 5.33. The third-order valence-corrected chi connectivity index (χ3v) is 3.52. The molecule has 0 aliphatic heterocycles. The molecule has 2 aromatic rings. The molecule has 0 fully saturated rings. The highest BCUT2D eigenvalue weighted by Gasteiger charge is 2.17. The Bertz CT molecular complexity index is 593. The Morgan fingerprint density at radius 2 is 2.10 bits per heavy atom. The van der Waals surface area contributed by atoms with Gasteiger partial charge >= 0.3 is 0 Å². The minimum absolute atomic E-state index is 0.250. The van der Waals surface area contributed by atoms with Crippen LogP contribution in [0.25, 0.3) is 0 Å². The van der Waals surface area contributed by atoms with Gasteiger partial charge < -0.3 is 10.6 Å². The van der Waals surface area contributed by atoms with Crippen LogP contribution in [0.3, 0.4) is 0 Å². The van der Waals surface area contributed by atoms with Crippen molar-refractivity contribution in [1.29, 1.82) is 0 Å². The molecule has 104 valence electrons. The molecule has 20 heavy (non-hydrogen) atoms. The molecule has 0 spiro atoms. The summed E-state index contributed by atoms with van der Waals surface area (Å²) in [6.45, 7) is 3.55. The number of carbonyl (C=O) groups is 2. The van der Waals surface area contributed by atoms with Crippen molar-refractivity contribution in [1.82, 2.24) is 10.3 Å². The van der Waals surface area contributed by atoms with E-state index in [1.54, 1.807) is 31.3 Å². The number of thiophene rings is 1. The lowest BCUT2D eigenvalue weighted by Crippen LogP contribution is -2.41. The van der Waals surface area contributed by atoms with E-state index in [1.165, 1.54) is 11.3 Å². The van der Waals surface area contributed by atoms with E-state index in [1.807, 2.05) is 18.4 Å². The number of nitrogens with one attached hydrogen (secondary N) is 2. The predicted octanol–water partition coefficient (Wildman–Crippen LogP) is 2.21. The average Bonchev–Trinajstić information content (AvgIpc) is 2.95. The van der Waals surface area contributed by atoms with Crippen molar-refractivity contribution in [2.45, 2.75) is 19.9 Å². The molecule has 0 bridgehead atoms. The summed E-state index contributed by atoms with van der Waals surface area (Å²) in [5.41, 5.74) is 1.02. The number of nitrogens with zero attached hydrogens (tertiary/aromatic N) is 1. The lowest BCUT2D eigenvalue weighted by molar-refractivity contribution is -0.117. The lowest BCUT2D eigenvalue weighted by atomic mass is 10.3. The fraction of sp³-hybridized carbons (Fsp3) is 0.214. The topological polar surface area (TPSA) is 71.1 Å². The average molecular weight is 289 g/mol. The van der Waals surface area contributed by atoms with Gasteiger partial charge in [-0.15, -0.1) is 11.3 Å². The van der Waals surface area contributed by atoms with Crippen LogP contribution in [0.15, 0.2) is 35.8 Å². The second kappa shape index (κ2) is 6.29. The number of rotatable bonds is 4. The Hall–Kier alpha value is -2.21. The third-order valence-electron chi connectivity index (χ3n) is 2.65. The fourth-order valence-electron chi connectivity index (χ4n) is 1.52. The van der Waals surface area contributed by atoms with Crippen molar-refractivity contribution in [3.05, 3.63) is 46.3 Å². The van der Waals surface area contributed by atoms with Crippen molar-refractivity contribution < 1.29 is 9.59 Å². The number of hydrogen-bond donors (Lipinski definition) is 2. The number of aryl methyl sites for hydroxylation is 1. The van der Waals surface area contributed by atoms with Crippen LogP contribution in [0.5, 0.6) is 0 Å². The van der Waals surface area contributed by atoms with Crippen LogP contribution in [-0.4, -0.2) is 22.8 Å².